The Morgan fingerprint density at radius 2 is 1.71 bits per heavy atom. The van der Waals surface area contributed by atoms with Gasteiger partial charge in [-0.2, -0.15) is 0 Å². The van der Waals surface area contributed by atoms with Crippen molar-refractivity contribution in [2.75, 3.05) is 0 Å². The quantitative estimate of drug-likeness (QED) is 0.398. The van der Waals surface area contributed by atoms with Crippen LogP contribution in [0.3, 0.4) is 0 Å². The monoisotopic (exact) mass is 439 g/mol. The van der Waals surface area contributed by atoms with E-state index in [1.54, 1.807) is 6.07 Å². The van der Waals surface area contributed by atoms with Gasteiger partial charge in [-0.25, -0.2) is 4.39 Å². The fourth-order valence-electron chi connectivity index (χ4n) is 3.77. The number of fused-ring (bicyclic) bond motifs is 1. The van der Waals surface area contributed by atoms with E-state index in [4.69, 9.17) is 4.43 Å². The van der Waals surface area contributed by atoms with Crippen molar-refractivity contribution in [3.63, 3.8) is 0 Å². The summed E-state index contributed by atoms with van der Waals surface area (Å²) in [5.41, 5.74) is 3.90. The standard InChI is InChI=1S/C26H34FNO2Si/c1-9-18-14-25(29)22-15-23(27)21(16-24(22)28(18)10-2)20-12-11-19(13-17(20)3)30-31(7,8)26(4,5)6/h11-16H,9-10H2,1-8H3. The van der Waals surface area contributed by atoms with Crippen molar-refractivity contribution >= 4 is 19.2 Å². The van der Waals surface area contributed by atoms with Gasteiger partial charge in [0.25, 0.3) is 0 Å². The molecule has 0 aliphatic heterocycles. The smallest absolute Gasteiger partial charge is 0.250 e. The van der Waals surface area contributed by atoms with Crippen LogP contribution in [0.1, 0.15) is 45.9 Å². The average molecular weight is 440 g/mol. The predicted molar refractivity (Wildman–Crippen MR) is 131 cm³/mol. The van der Waals surface area contributed by atoms with Crippen LogP contribution in [-0.2, 0) is 13.0 Å². The van der Waals surface area contributed by atoms with Crippen LogP contribution in [0.15, 0.2) is 41.2 Å². The molecule has 1 aromatic heterocycles. The van der Waals surface area contributed by atoms with E-state index >= 15 is 4.39 Å². The van der Waals surface area contributed by atoms with Crippen molar-refractivity contribution < 1.29 is 8.82 Å². The van der Waals surface area contributed by atoms with Gasteiger partial charge in [-0.1, -0.05) is 33.8 Å². The number of halogens is 1. The van der Waals surface area contributed by atoms with Crippen LogP contribution >= 0.6 is 0 Å². The summed E-state index contributed by atoms with van der Waals surface area (Å²) in [6.45, 7) is 17.8. The summed E-state index contributed by atoms with van der Waals surface area (Å²) in [7, 11) is -1.95. The van der Waals surface area contributed by atoms with Crippen LogP contribution in [0.5, 0.6) is 5.75 Å². The summed E-state index contributed by atoms with van der Waals surface area (Å²) in [4.78, 5) is 12.6. The van der Waals surface area contributed by atoms with Gasteiger partial charge in [0.15, 0.2) is 5.43 Å². The second-order valence-corrected chi connectivity index (χ2v) is 14.5. The van der Waals surface area contributed by atoms with Crippen molar-refractivity contribution in [1.82, 2.24) is 4.57 Å². The molecule has 0 aliphatic carbocycles. The maximum absolute atomic E-state index is 15.1. The fourth-order valence-corrected chi connectivity index (χ4v) is 4.79. The number of aryl methyl sites for hydroxylation is 3. The summed E-state index contributed by atoms with van der Waals surface area (Å²) in [5.74, 6) is 0.449. The molecule has 0 radical (unpaired) electrons. The number of aromatic nitrogens is 1. The molecule has 2 aromatic carbocycles. The fraction of sp³-hybridized carbons (Fsp3) is 0.423. The number of hydrogen-bond acceptors (Lipinski definition) is 2. The highest BCUT2D eigenvalue weighted by Crippen LogP contribution is 2.38. The number of nitrogens with zero attached hydrogens (tertiary/aromatic N) is 1. The van der Waals surface area contributed by atoms with E-state index in [-0.39, 0.29) is 16.3 Å². The first-order chi connectivity index (χ1) is 14.4. The van der Waals surface area contributed by atoms with Gasteiger partial charge in [-0.05, 0) is 73.8 Å². The summed E-state index contributed by atoms with van der Waals surface area (Å²) < 4.78 is 23.7. The zero-order valence-corrected chi connectivity index (χ0v) is 21.0. The molecule has 0 amide bonds. The predicted octanol–water partition coefficient (Wildman–Crippen LogP) is 7.08. The molecule has 3 rings (SSSR count). The number of benzene rings is 2. The first-order valence-electron chi connectivity index (χ1n) is 11.1. The van der Waals surface area contributed by atoms with E-state index in [2.05, 4.69) is 38.4 Å². The second-order valence-electron chi connectivity index (χ2n) is 9.79. The SMILES string of the molecule is CCc1cc(=O)c2cc(F)c(-c3ccc(O[Si](C)(C)C(C)(C)C)cc3C)cc2n1CC. The summed E-state index contributed by atoms with van der Waals surface area (Å²) in [6, 6.07) is 10.7. The Kier molecular flexibility index (Phi) is 6.20. The molecular weight excluding hydrogens is 405 g/mol. The van der Waals surface area contributed by atoms with Gasteiger partial charge >= 0.3 is 0 Å². The van der Waals surface area contributed by atoms with Gasteiger partial charge < -0.3 is 8.99 Å². The molecule has 3 aromatic rings. The van der Waals surface area contributed by atoms with Crippen LogP contribution in [0.2, 0.25) is 18.1 Å². The second kappa shape index (κ2) is 8.27. The molecule has 0 N–H and O–H groups in total. The summed E-state index contributed by atoms with van der Waals surface area (Å²) in [6.07, 6.45) is 0.754. The Morgan fingerprint density at radius 1 is 1.03 bits per heavy atom. The third-order valence-electron chi connectivity index (χ3n) is 6.63. The molecule has 166 valence electrons. The number of hydrogen-bond donors (Lipinski definition) is 0. The molecule has 0 fully saturated rings. The Labute approximate surface area is 186 Å². The molecule has 0 unspecified atom stereocenters. The lowest BCUT2D eigenvalue weighted by molar-refractivity contribution is 0.492. The molecule has 0 atom stereocenters. The van der Waals surface area contributed by atoms with Crippen molar-refractivity contribution in [3.05, 3.63) is 63.7 Å². The number of rotatable bonds is 5. The first-order valence-corrected chi connectivity index (χ1v) is 14.0. The highest BCUT2D eigenvalue weighted by Gasteiger charge is 2.39. The molecular formula is C26H34FNO2Si. The Balaban J connectivity index is 2.14. The zero-order valence-electron chi connectivity index (χ0n) is 20.0. The zero-order chi connectivity index (χ0) is 23.1. The molecule has 0 spiro atoms. The molecule has 1 heterocycles. The van der Waals surface area contributed by atoms with E-state index in [1.807, 2.05) is 45.0 Å². The first kappa shape index (κ1) is 23.3. The number of pyridine rings is 1. The highest BCUT2D eigenvalue weighted by atomic mass is 28.4. The van der Waals surface area contributed by atoms with Crippen molar-refractivity contribution in [1.29, 1.82) is 0 Å². The van der Waals surface area contributed by atoms with E-state index in [0.29, 0.717) is 10.9 Å². The molecule has 0 saturated heterocycles. The van der Waals surface area contributed by atoms with E-state index in [1.165, 1.54) is 6.07 Å². The van der Waals surface area contributed by atoms with Crippen LogP contribution < -0.4 is 9.85 Å². The highest BCUT2D eigenvalue weighted by molar-refractivity contribution is 6.74. The third-order valence-corrected chi connectivity index (χ3v) is 11.0. The van der Waals surface area contributed by atoms with Crippen LogP contribution in [0.4, 0.5) is 4.39 Å². The molecule has 5 heteroatoms. The summed E-state index contributed by atoms with van der Waals surface area (Å²) >= 11 is 0. The third kappa shape index (κ3) is 4.33. The molecule has 0 bridgehead atoms. The maximum Gasteiger partial charge on any atom is 0.250 e. The van der Waals surface area contributed by atoms with Gasteiger partial charge in [-0.15, -0.1) is 0 Å². The molecule has 0 aliphatic rings. The van der Waals surface area contributed by atoms with Gasteiger partial charge in [0.2, 0.25) is 8.32 Å². The lowest BCUT2D eigenvalue weighted by Gasteiger charge is -2.36. The lowest BCUT2D eigenvalue weighted by Crippen LogP contribution is -2.43. The molecule has 3 nitrogen and oxygen atoms in total. The van der Waals surface area contributed by atoms with Gasteiger partial charge in [0.05, 0.1) is 5.52 Å². The lowest BCUT2D eigenvalue weighted by atomic mass is 9.98. The minimum absolute atomic E-state index is 0.102. The van der Waals surface area contributed by atoms with Crippen LogP contribution in [0.25, 0.3) is 22.0 Å². The Morgan fingerprint density at radius 3 is 2.26 bits per heavy atom. The Bertz CT molecular complexity index is 1190. The minimum atomic E-state index is -1.95. The van der Waals surface area contributed by atoms with Crippen LogP contribution in [0, 0.1) is 12.7 Å². The minimum Gasteiger partial charge on any atom is -0.543 e. The molecule has 0 saturated carbocycles. The molecule has 31 heavy (non-hydrogen) atoms. The van der Waals surface area contributed by atoms with Crippen LogP contribution in [-0.4, -0.2) is 12.9 Å². The summed E-state index contributed by atoms with van der Waals surface area (Å²) in [5, 5.41) is 0.529. The topological polar surface area (TPSA) is 31.2 Å². The normalized spacial score (nSPS) is 12.4. The average Bonchev–Trinajstić information content (AvgIpc) is 2.67. The van der Waals surface area contributed by atoms with E-state index in [0.717, 1.165) is 41.1 Å². The Hall–Kier alpha value is -2.40. The van der Waals surface area contributed by atoms with E-state index < -0.39 is 8.32 Å². The maximum atomic E-state index is 15.1. The largest absolute Gasteiger partial charge is 0.543 e. The van der Waals surface area contributed by atoms with Gasteiger partial charge in [0, 0.05) is 29.3 Å². The van der Waals surface area contributed by atoms with Crippen molar-refractivity contribution in [3.8, 4) is 16.9 Å². The van der Waals surface area contributed by atoms with E-state index in [9.17, 15) is 4.79 Å². The van der Waals surface area contributed by atoms with Gasteiger partial charge in [0.1, 0.15) is 11.6 Å². The van der Waals surface area contributed by atoms with Gasteiger partial charge in [-0.3, -0.25) is 4.79 Å². The van der Waals surface area contributed by atoms with Crippen molar-refractivity contribution in [2.24, 2.45) is 0 Å². The van der Waals surface area contributed by atoms with Crippen molar-refractivity contribution in [2.45, 2.75) is 72.6 Å².